The third-order valence-electron chi connectivity index (χ3n) is 7.59. The highest BCUT2D eigenvalue weighted by atomic mass is 16.8. The van der Waals surface area contributed by atoms with Gasteiger partial charge in [0.1, 0.15) is 72.1 Å². The average molecular weight is 607 g/mol. The lowest BCUT2D eigenvalue weighted by atomic mass is 9.95. The first-order valence-electron chi connectivity index (χ1n) is 13.7. The molecule has 11 atom stereocenters. The quantitative estimate of drug-likeness (QED) is 0.224. The van der Waals surface area contributed by atoms with E-state index in [-0.39, 0.29) is 29.3 Å². The molecule has 0 aliphatic carbocycles. The number of rotatable bonds is 7. The Morgan fingerprint density at radius 3 is 2.35 bits per heavy atom. The number of ether oxygens (including phenoxy) is 6. The topological polar surface area (TPSA) is 211 Å². The summed E-state index contributed by atoms with van der Waals surface area (Å²) in [5, 5.41) is 63.2. The Bertz CT molecular complexity index is 1300. The molecule has 43 heavy (non-hydrogen) atoms. The summed E-state index contributed by atoms with van der Waals surface area (Å²) < 4.78 is 34.0. The van der Waals surface area contributed by atoms with Gasteiger partial charge in [-0.25, -0.2) is 0 Å². The van der Waals surface area contributed by atoms with Crippen LogP contribution in [-0.4, -0.2) is 110 Å². The predicted octanol–water partition coefficient (Wildman–Crippen LogP) is -0.300. The maximum atomic E-state index is 12.9. The van der Waals surface area contributed by atoms with Crippen LogP contribution in [0.25, 0.3) is 0 Å². The predicted molar refractivity (Wildman–Crippen MR) is 142 cm³/mol. The van der Waals surface area contributed by atoms with Crippen LogP contribution in [-0.2, 0) is 23.7 Å². The lowest BCUT2D eigenvalue weighted by molar-refractivity contribution is -0.354. The number of aromatic hydroxyl groups is 1. The normalized spacial score (nSPS) is 35.9. The van der Waals surface area contributed by atoms with Crippen molar-refractivity contribution >= 4 is 11.8 Å². The maximum absolute atomic E-state index is 12.9. The lowest BCUT2D eigenvalue weighted by Gasteiger charge is -2.45. The highest BCUT2D eigenvalue weighted by Crippen LogP contribution is 2.42. The highest BCUT2D eigenvalue weighted by molar-refractivity contribution is 6.02. The van der Waals surface area contributed by atoms with Crippen molar-refractivity contribution in [2.45, 2.75) is 87.8 Å². The molecule has 3 heterocycles. The third-order valence-corrected chi connectivity index (χ3v) is 7.59. The van der Waals surface area contributed by atoms with Crippen molar-refractivity contribution < 1.29 is 68.6 Å². The van der Waals surface area contributed by atoms with Crippen molar-refractivity contribution in [3.05, 3.63) is 53.6 Å². The van der Waals surface area contributed by atoms with E-state index in [9.17, 15) is 40.2 Å². The molecule has 3 aliphatic rings. The van der Waals surface area contributed by atoms with E-state index in [1.165, 1.54) is 13.0 Å². The van der Waals surface area contributed by atoms with Crippen LogP contribution in [0.3, 0.4) is 0 Å². The molecule has 0 spiro atoms. The largest absolute Gasteiger partial charge is 0.507 e. The molecule has 6 N–H and O–H groups in total. The molecule has 0 amide bonds. The van der Waals surface area contributed by atoms with Gasteiger partial charge in [0, 0.05) is 19.1 Å². The highest BCUT2D eigenvalue weighted by Gasteiger charge is 2.51. The summed E-state index contributed by atoms with van der Waals surface area (Å²) >= 11 is 0. The molecule has 3 aliphatic heterocycles. The summed E-state index contributed by atoms with van der Waals surface area (Å²) in [7, 11) is 0. The summed E-state index contributed by atoms with van der Waals surface area (Å²) in [5.41, 5.74) is 0.703. The first-order chi connectivity index (χ1) is 20.4. The van der Waals surface area contributed by atoms with Gasteiger partial charge in [0.2, 0.25) is 6.29 Å². The molecule has 234 valence electrons. The number of esters is 1. The number of phenolic OH excluding ortho intramolecular Hbond substituents is 1. The van der Waals surface area contributed by atoms with E-state index in [4.69, 9.17) is 28.4 Å². The van der Waals surface area contributed by atoms with Crippen LogP contribution in [0, 0.1) is 0 Å². The molecule has 0 saturated carbocycles. The molecule has 14 heteroatoms. The number of hydrogen-bond acceptors (Lipinski definition) is 14. The lowest BCUT2D eigenvalue weighted by Crippen LogP contribution is -2.64. The molecule has 0 radical (unpaired) electrons. The standard InChI is InChI=1S/C29H34O14/c1-12-22(33)24(35)26(37)28(39-12)43-27-25(36)23(34)20(11-38-13(2)30)42-29(27)40-15-8-16(31)21-17(32)10-18(41-19(21)9-15)14-6-4-3-5-7-14/h3-9,12,18,20,22-29,31,33-37H,10-11H2,1-2H3/t12?,18?,20?,22-,23+,24?,25-,26-,27?,28-,29+/m0/s1. The van der Waals surface area contributed by atoms with Crippen molar-refractivity contribution in [2.75, 3.05) is 6.61 Å². The smallest absolute Gasteiger partial charge is 0.302 e. The van der Waals surface area contributed by atoms with Gasteiger partial charge in [0.05, 0.1) is 12.5 Å². The van der Waals surface area contributed by atoms with Crippen molar-refractivity contribution in [3.63, 3.8) is 0 Å². The minimum Gasteiger partial charge on any atom is -0.507 e. The molecular formula is C29H34O14. The molecule has 2 aromatic carbocycles. The van der Waals surface area contributed by atoms with E-state index < -0.39 is 85.8 Å². The average Bonchev–Trinajstić information content (AvgIpc) is 2.97. The van der Waals surface area contributed by atoms with E-state index in [2.05, 4.69) is 0 Å². The number of benzene rings is 2. The number of hydrogen-bond donors (Lipinski definition) is 6. The fourth-order valence-corrected chi connectivity index (χ4v) is 5.23. The monoisotopic (exact) mass is 606 g/mol. The Morgan fingerprint density at radius 2 is 1.65 bits per heavy atom. The van der Waals surface area contributed by atoms with Crippen molar-refractivity contribution in [1.82, 2.24) is 0 Å². The van der Waals surface area contributed by atoms with Crippen LogP contribution >= 0.6 is 0 Å². The zero-order valence-corrected chi connectivity index (χ0v) is 23.3. The molecule has 2 fully saturated rings. The molecule has 2 aromatic rings. The molecular weight excluding hydrogens is 572 g/mol. The second kappa shape index (κ2) is 12.7. The molecule has 0 aromatic heterocycles. The van der Waals surface area contributed by atoms with E-state index in [0.29, 0.717) is 0 Å². The van der Waals surface area contributed by atoms with Crippen LogP contribution < -0.4 is 9.47 Å². The fourth-order valence-electron chi connectivity index (χ4n) is 5.23. The van der Waals surface area contributed by atoms with Gasteiger partial charge in [-0.3, -0.25) is 9.59 Å². The van der Waals surface area contributed by atoms with E-state index >= 15 is 0 Å². The number of fused-ring (bicyclic) bond motifs is 1. The Morgan fingerprint density at radius 1 is 0.930 bits per heavy atom. The zero-order chi connectivity index (χ0) is 31.0. The van der Waals surface area contributed by atoms with Crippen LogP contribution in [0.1, 0.15) is 42.3 Å². The summed E-state index contributed by atoms with van der Waals surface area (Å²) in [6.45, 7) is 2.12. The number of carbonyl (C=O) groups is 2. The molecule has 5 rings (SSSR count). The van der Waals surface area contributed by atoms with Crippen LogP contribution in [0.15, 0.2) is 42.5 Å². The number of aliphatic hydroxyl groups excluding tert-OH is 5. The van der Waals surface area contributed by atoms with Crippen LogP contribution in [0.5, 0.6) is 17.2 Å². The minimum absolute atomic E-state index is 0.00295. The van der Waals surface area contributed by atoms with Gasteiger partial charge in [-0.1, -0.05) is 30.3 Å². The Balaban J connectivity index is 1.43. The van der Waals surface area contributed by atoms with E-state index in [0.717, 1.165) is 18.6 Å². The Kier molecular flexibility index (Phi) is 9.20. The molecule has 14 nitrogen and oxygen atoms in total. The van der Waals surface area contributed by atoms with Crippen LogP contribution in [0.2, 0.25) is 0 Å². The van der Waals surface area contributed by atoms with Crippen molar-refractivity contribution in [2.24, 2.45) is 0 Å². The number of Topliss-reactive ketones (excluding diaryl/α,β-unsaturated/α-hetero) is 1. The Hall–Kier alpha value is -3.34. The van der Waals surface area contributed by atoms with Crippen molar-refractivity contribution in [1.29, 1.82) is 0 Å². The summed E-state index contributed by atoms with van der Waals surface area (Å²) in [5.74, 6) is -1.52. The fraction of sp³-hybridized carbons (Fsp3) is 0.517. The van der Waals surface area contributed by atoms with Gasteiger partial charge in [-0.05, 0) is 12.5 Å². The molecule has 5 unspecified atom stereocenters. The van der Waals surface area contributed by atoms with Gasteiger partial charge < -0.3 is 59.1 Å². The van der Waals surface area contributed by atoms with E-state index in [1.54, 1.807) is 24.3 Å². The summed E-state index contributed by atoms with van der Waals surface area (Å²) in [4.78, 5) is 24.3. The molecule has 2 saturated heterocycles. The third kappa shape index (κ3) is 6.46. The second-order valence-electron chi connectivity index (χ2n) is 10.7. The zero-order valence-electron chi connectivity index (χ0n) is 23.3. The summed E-state index contributed by atoms with van der Waals surface area (Å²) in [6.07, 6.45) is -15.9. The first kappa shape index (κ1) is 31.1. The number of aliphatic hydroxyl groups is 5. The van der Waals surface area contributed by atoms with Gasteiger partial charge in [-0.15, -0.1) is 0 Å². The number of carbonyl (C=O) groups excluding carboxylic acids is 2. The molecule has 0 bridgehead atoms. The number of phenols is 1. The Labute approximate surface area is 245 Å². The minimum atomic E-state index is -1.76. The first-order valence-corrected chi connectivity index (χ1v) is 13.7. The maximum Gasteiger partial charge on any atom is 0.302 e. The summed E-state index contributed by atoms with van der Waals surface area (Å²) in [6, 6.07) is 11.5. The van der Waals surface area contributed by atoms with Gasteiger partial charge >= 0.3 is 5.97 Å². The van der Waals surface area contributed by atoms with Gasteiger partial charge in [-0.2, -0.15) is 0 Å². The van der Waals surface area contributed by atoms with E-state index in [1.807, 2.05) is 6.07 Å². The van der Waals surface area contributed by atoms with Crippen molar-refractivity contribution in [3.8, 4) is 17.2 Å². The second-order valence-corrected chi connectivity index (χ2v) is 10.7. The van der Waals surface area contributed by atoms with Gasteiger partial charge in [0.15, 0.2) is 18.2 Å². The number of ketones is 1. The van der Waals surface area contributed by atoms with Gasteiger partial charge in [0.25, 0.3) is 0 Å². The van der Waals surface area contributed by atoms with Crippen LogP contribution in [0.4, 0.5) is 0 Å². The SMILES string of the molecule is CC(=O)OCC1O[C@@H](Oc2cc(O)c3c(c2)OC(c2ccccc2)CC3=O)C(O[C@@H]2OC(C)[C@H](O)C(O)[C@@H]2O)[C@@H](O)[C@@H]1O.